The van der Waals surface area contributed by atoms with Crippen LogP contribution in [0.2, 0.25) is 0 Å². The number of benzene rings is 1. The molecule has 5 heteroatoms. The molecule has 0 saturated carbocycles. The minimum atomic E-state index is -0.190. The fraction of sp³-hybridized carbons (Fsp3) is 0.368. The molecule has 1 aromatic carbocycles. The monoisotopic (exact) mass is 325 g/mol. The van der Waals surface area contributed by atoms with Crippen molar-refractivity contribution in [2.24, 2.45) is 0 Å². The fourth-order valence-electron chi connectivity index (χ4n) is 2.44. The van der Waals surface area contributed by atoms with Gasteiger partial charge in [-0.15, -0.1) is 0 Å². The van der Waals surface area contributed by atoms with Crippen molar-refractivity contribution in [3.8, 4) is 6.07 Å². The molecule has 2 rings (SSSR count). The second-order valence-electron chi connectivity index (χ2n) is 6.13. The van der Waals surface area contributed by atoms with Gasteiger partial charge in [0.25, 0.3) is 0 Å². The molecule has 0 spiro atoms. The Bertz CT molecular complexity index is 742. The van der Waals surface area contributed by atoms with Crippen molar-refractivity contribution in [3.05, 3.63) is 52.8 Å². The molecule has 1 amide bonds. The predicted molar refractivity (Wildman–Crippen MR) is 93.5 cm³/mol. The first-order valence-electron chi connectivity index (χ1n) is 8.00. The fourth-order valence-corrected chi connectivity index (χ4v) is 2.44. The molecule has 24 heavy (non-hydrogen) atoms. The highest BCUT2D eigenvalue weighted by Gasteiger charge is 2.19. The third kappa shape index (κ3) is 4.24. The summed E-state index contributed by atoms with van der Waals surface area (Å²) in [5, 5.41) is 11.9. The molecule has 0 aliphatic heterocycles. The SMILES string of the molecule is Cc1oc(NC(=O)CN(Cc2ccccc2)C(C)C)c(C#N)c1C. The van der Waals surface area contributed by atoms with E-state index in [0.717, 1.165) is 11.1 Å². The zero-order valence-electron chi connectivity index (χ0n) is 14.6. The van der Waals surface area contributed by atoms with Crippen LogP contribution in [0.3, 0.4) is 0 Å². The maximum Gasteiger partial charge on any atom is 0.240 e. The number of nitriles is 1. The number of aryl methyl sites for hydroxylation is 1. The quantitative estimate of drug-likeness (QED) is 0.880. The van der Waals surface area contributed by atoms with E-state index in [2.05, 4.69) is 30.1 Å². The highest BCUT2D eigenvalue weighted by Crippen LogP contribution is 2.25. The molecule has 0 unspecified atom stereocenters. The zero-order valence-corrected chi connectivity index (χ0v) is 14.6. The highest BCUT2D eigenvalue weighted by atomic mass is 16.4. The molecular weight excluding hydrogens is 302 g/mol. The van der Waals surface area contributed by atoms with Crippen molar-refractivity contribution in [3.63, 3.8) is 0 Å². The van der Waals surface area contributed by atoms with E-state index >= 15 is 0 Å². The third-order valence-electron chi connectivity index (χ3n) is 4.06. The number of hydrogen-bond acceptors (Lipinski definition) is 4. The second-order valence-corrected chi connectivity index (χ2v) is 6.13. The summed E-state index contributed by atoms with van der Waals surface area (Å²) < 4.78 is 5.49. The molecule has 2 aromatic rings. The zero-order chi connectivity index (χ0) is 17.7. The van der Waals surface area contributed by atoms with Gasteiger partial charge < -0.3 is 4.42 Å². The maximum absolute atomic E-state index is 12.4. The van der Waals surface area contributed by atoms with Gasteiger partial charge in [0.1, 0.15) is 17.4 Å². The minimum absolute atomic E-state index is 0.190. The van der Waals surface area contributed by atoms with E-state index in [1.807, 2.05) is 37.3 Å². The van der Waals surface area contributed by atoms with Crippen molar-refractivity contribution < 1.29 is 9.21 Å². The van der Waals surface area contributed by atoms with E-state index in [1.165, 1.54) is 0 Å². The molecule has 0 aliphatic carbocycles. The number of nitrogens with one attached hydrogen (secondary N) is 1. The largest absolute Gasteiger partial charge is 0.444 e. The molecule has 1 heterocycles. The van der Waals surface area contributed by atoms with Crippen LogP contribution in [0.5, 0.6) is 0 Å². The summed E-state index contributed by atoms with van der Waals surface area (Å²) in [5.41, 5.74) is 2.30. The molecule has 0 saturated heterocycles. The van der Waals surface area contributed by atoms with Gasteiger partial charge in [0.2, 0.25) is 11.8 Å². The van der Waals surface area contributed by atoms with Crippen LogP contribution >= 0.6 is 0 Å². The maximum atomic E-state index is 12.4. The third-order valence-corrected chi connectivity index (χ3v) is 4.06. The Morgan fingerprint density at radius 3 is 2.54 bits per heavy atom. The van der Waals surface area contributed by atoms with Crippen molar-refractivity contribution in [2.45, 2.75) is 40.3 Å². The molecule has 1 aromatic heterocycles. The Labute approximate surface area is 142 Å². The first-order chi connectivity index (χ1) is 11.4. The van der Waals surface area contributed by atoms with Crippen LogP contribution in [0.15, 0.2) is 34.7 Å². The Morgan fingerprint density at radius 1 is 1.29 bits per heavy atom. The Balaban J connectivity index is 2.06. The van der Waals surface area contributed by atoms with Crippen LogP contribution in [-0.2, 0) is 11.3 Å². The summed E-state index contributed by atoms with van der Waals surface area (Å²) in [6, 6.07) is 12.3. The number of rotatable bonds is 6. The van der Waals surface area contributed by atoms with E-state index in [9.17, 15) is 10.1 Å². The number of hydrogen-bond donors (Lipinski definition) is 1. The van der Waals surface area contributed by atoms with Gasteiger partial charge in [0.05, 0.1) is 6.54 Å². The average molecular weight is 325 g/mol. The van der Waals surface area contributed by atoms with Gasteiger partial charge in [0.15, 0.2) is 0 Å². The lowest BCUT2D eigenvalue weighted by Gasteiger charge is -2.25. The Morgan fingerprint density at radius 2 is 1.96 bits per heavy atom. The molecular formula is C19H23N3O2. The lowest BCUT2D eigenvalue weighted by atomic mass is 10.2. The molecule has 126 valence electrons. The van der Waals surface area contributed by atoms with Gasteiger partial charge in [-0.1, -0.05) is 30.3 Å². The van der Waals surface area contributed by atoms with Crippen LogP contribution in [0.4, 0.5) is 5.88 Å². The average Bonchev–Trinajstić information content (AvgIpc) is 2.81. The molecule has 0 bridgehead atoms. The Kier molecular flexibility index (Phi) is 5.78. The van der Waals surface area contributed by atoms with Gasteiger partial charge in [0, 0.05) is 18.2 Å². The van der Waals surface area contributed by atoms with E-state index in [0.29, 0.717) is 17.9 Å². The highest BCUT2D eigenvalue weighted by molar-refractivity contribution is 5.92. The van der Waals surface area contributed by atoms with Crippen molar-refractivity contribution in [1.29, 1.82) is 5.26 Å². The summed E-state index contributed by atoms with van der Waals surface area (Å²) in [6.07, 6.45) is 0. The molecule has 0 atom stereocenters. The topological polar surface area (TPSA) is 69.3 Å². The predicted octanol–water partition coefficient (Wildman–Crippen LogP) is 3.62. The molecule has 0 aliphatic rings. The van der Waals surface area contributed by atoms with E-state index in [-0.39, 0.29) is 24.4 Å². The number of carbonyl (C=O) groups is 1. The van der Waals surface area contributed by atoms with Gasteiger partial charge in [-0.2, -0.15) is 5.26 Å². The van der Waals surface area contributed by atoms with Gasteiger partial charge in [-0.25, -0.2) is 0 Å². The van der Waals surface area contributed by atoms with E-state index in [1.54, 1.807) is 6.92 Å². The Hall–Kier alpha value is -2.58. The van der Waals surface area contributed by atoms with Gasteiger partial charge in [-0.3, -0.25) is 15.0 Å². The van der Waals surface area contributed by atoms with Crippen LogP contribution in [0.1, 0.15) is 36.3 Å². The first-order valence-corrected chi connectivity index (χ1v) is 8.00. The summed E-state index contributed by atoms with van der Waals surface area (Å²) in [7, 11) is 0. The van der Waals surface area contributed by atoms with Crippen molar-refractivity contribution in [1.82, 2.24) is 4.90 Å². The number of anilines is 1. The summed E-state index contributed by atoms with van der Waals surface area (Å²) in [5.74, 6) is 0.692. The first kappa shape index (κ1) is 17.8. The lowest BCUT2D eigenvalue weighted by Crippen LogP contribution is -2.37. The smallest absolute Gasteiger partial charge is 0.240 e. The summed E-state index contributed by atoms with van der Waals surface area (Å²) >= 11 is 0. The summed E-state index contributed by atoms with van der Waals surface area (Å²) in [6.45, 7) is 8.62. The van der Waals surface area contributed by atoms with Crippen LogP contribution < -0.4 is 5.32 Å². The van der Waals surface area contributed by atoms with Crippen molar-refractivity contribution >= 4 is 11.8 Å². The summed E-state index contributed by atoms with van der Waals surface area (Å²) in [4.78, 5) is 14.5. The molecule has 1 N–H and O–H groups in total. The van der Waals surface area contributed by atoms with Crippen molar-refractivity contribution in [2.75, 3.05) is 11.9 Å². The normalized spacial score (nSPS) is 10.9. The molecule has 0 radical (unpaired) electrons. The van der Waals surface area contributed by atoms with Crippen LogP contribution in [0.25, 0.3) is 0 Å². The van der Waals surface area contributed by atoms with Crippen LogP contribution in [0, 0.1) is 25.2 Å². The molecule has 0 fully saturated rings. The lowest BCUT2D eigenvalue weighted by molar-refractivity contribution is -0.118. The van der Waals surface area contributed by atoms with Gasteiger partial charge >= 0.3 is 0 Å². The number of nitrogens with zero attached hydrogens (tertiary/aromatic N) is 2. The minimum Gasteiger partial charge on any atom is -0.444 e. The van der Waals surface area contributed by atoms with E-state index < -0.39 is 0 Å². The van der Waals surface area contributed by atoms with Gasteiger partial charge in [-0.05, 0) is 33.3 Å². The van der Waals surface area contributed by atoms with Crippen LogP contribution in [-0.4, -0.2) is 23.4 Å². The number of carbonyl (C=O) groups excluding carboxylic acids is 1. The second kappa shape index (κ2) is 7.80. The standard InChI is InChI=1S/C19H23N3O2/c1-13(2)22(11-16-8-6-5-7-9-16)12-18(23)21-19-17(10-20)14(3)15(4)24-19/h5-9,13H,11-12H2,1-4H3,(H,21,23). The van der Waals surface area contributed by atoms with E-state index in [4.69, 9.17) is 4.42 Å². The molecule has 5 nitrogen and oxygen atoms in total. The number of furan rings is 1. The number of amides is 1.